The van der Waals surface area contributed by atoms with E-state index in [1.165, 1.54) is 0 Å². The number of amides is 2. The van der Waals surface area contributed by atoms with Crippen LogP contribution in [-0.4, -0.2) is 42.4 Å². The summed E-state index contributed by atoms with van der Waals surface area (Å²) in [6.07, 6.45) is 0.128. The van der Waals surface area contributed by atoms with E-state index in [9.17, 15) is 14.7 Å². The predicted octanol–water partition coefficient (Wildman–Crippen LogP) is 1.41. The fourth-order valence-corrected chi connectivity index (χ4v) is 1.84. The lowest BCUT2D eigenvalue weighted by molar-refractivity contribution is -0.139. The van der Waals surface area contributed by atoms with Gasteiger partial charge in [-0.2, -0.15) is 0 Å². The highest BCUT2D eigenvalue weighted by molar-refractivity contribution is 5.82. The molecule has 1 unspecified atom stereocenters. The van der Waals surface area contributed by atoms with E-state index in [1.54, 1.807) is 0 Å². The van der Waals surface area contributed by atoms with Gasteiger partial charge in [0.25, 0.3) is 0 Å². The molecule has 0 spiro atoms. The molecule has 2 atom stereocenters. The van der Waals surface area contributed by atoms with E-state index in [2.05, 4.69) is 10.6 Å². The van der Waals surface area contributed by atoms with Gasteiger partial charge in [-0.25, -0.2) is 9.59 Å². The van der Waals surface area contributed by atoms with Crippen molar-refractivity contribution < 1.29 is 19.4 Å². The molecule has 3 N–H and O–H groups in total. The number of urea groups is 1. The number of benzene rings is 1. The van der Waals surface area contributed by atoms with Crippen molar-refractivity contribution in [2.75, 3.05) is 13.2 Å². The van der Waals surface area contributed by atoms with Crippen molar-refractivity contribution in [3.05, 3.63) is 35.9 Å². The Hall–Kier alpha value is -2.08. The number of aliphatic carboxylic acids is 1. The van der Waals surface area contributed by atoms with Gasteiger partial charge in [0, 0.05) is 19.6 Å². The number of ether oxygens (including phenoxy) is 1. The van der Waals surface area contributed by atoms with Crippen molar-refractivity contribution >= 4 is 12.0 Å². The van der Waals surface area contributed by atoms with Crippen molar-refractivity contribution in [3.63, 3.8) is 0 Å². The van der Waals surface area contributed by atoms with E-state index >= 15 is 0 Å². The molecule has 0 aliphatic heterocycles. The highest BCUT2D eigenvalue weighted by Crippen LogP contribution is 2.03. The van der Waals surface area contributed by atoms with Gasteiger partial charge >= 0.3 is 12.0 Å². The third-order valence-corrected chi connectivity index (χ3v) is 2.89. The molecule has 1 aromatic carbocycles. The van der Waals surface area contributed by atoms with Crippen LogP contribution >= 0.6 is 0 Å². The molecule has 0 heterocycles. The standard InChI is InChI=1S/C15H22N2O4/c1-3-21-11(2)10-16-15(20)17-13(14(18)19)9-12-7-5-4-6-8-12/h4-8,11,13H,3,9-10H2,1-2H3,(H,18,19)(H2,16,17,20)/t11?,13-/m0/s1. The lowest BCUT2D eigenvalue weighted by Crippen LogP contribution is -2.48. The van der Waals surface area contributed by atoms with Crippen LogP contribution in [0, 0.1) is 0 Å². The smallest absolute Gasteiger partial charge is 0.326 e. The van der Waals surface area contributed by atoms with Crippen molar-refractivity contribution in [1.82, 2.24) is 10.6 Å². The van der Waals surface area contributed by atoms with Crippen LogP contribution in [0.4, 0.5) is 4.79 Å². The van der Waals surface area contributed by atoms with Crippen LogP contribution in [-0.2, 0) is 16.0 Å². The van der Waals surface area contributed by atoms with Crippen LogP contribution < -0.4 is 10.6 Å². The molecule has 21 heavy (non-hydrogen) atoms. The Balaban J connectivity index is 2.47. The second-order valence-corrected chi connectivity index (χ2v) is 4.70. The third kappa shape index (κ3) is 6.76. The number of carbonyl (C=O) groups is 2. The first-order valence-corrected chi connectivity index (χ1v) is 6.95. The lowest BCUT2D eigenvalue weighted by Gasteiger charge is -2.17. The maximum Gasteiger partial charge on any atom is 0.326 e. The molecule has 116 valence electrons. The molecule has 0 bridgehead atoms. The van der Waals surface area contributed by atoms with E-state index in [-0.39, 0.29) is 12.5 Å². The molecule has 0 aliphatic rings. The first kappa shape index (κ1) is 17.0. The van der Waals surface area contributed by atoms with Crippen molar-refractivity contribution in [2.24, 2.45) is 0 Å². The summed E-state index contributed by atoms with van der Waals surface area (Å²) in [6.45, 7) is 4.60. The molecule has 0 aliphatic carbocycles. The van der Waals surface area contributed by atoms with Crippen LogP contribution in [0.15, 0.2) is 30.3 Å². The highest BCUT2D eigenvalue weighted by atomic mass is 16.5. The summed E-state index contributed by atoms with van der Waals surface area (Å²) in [6, 6.07) is 7.70. The van der Waals surface area contributed by atoms with Crippen LogP contribution in [0.1, 0.15) is 19.4 Å². The number of hydrogen-bond acceptors (Lipinski definition) is 3. The van der Waals surface area contributed by atoms with Gasteiger partial charge in [-0.15, -0.1) is 0 Å². The second kappa shape index (κ2) is 8.97. The van der Waals surface area contributed by atoms with Gasteiger partial charge in [0.05, 0.1) is 6.10 Å². The Bertz CT molecular complexity index is 450. The predicted molar refractivity (Wildman–Crippen MR) is 79.2 cm³/mol. The molecule has 1 rings (SSSR count). The third-order valence-electron chi connectivity index (χ3n) is 2.89. The van der Waals surface area contributed by atoms with Crippen molar-refractivity contribution in [3.8, 4) is 0 Å². The van der Waals surface area contributed by atoms with Gasteiger partial charge in [-0.05, 0) is 19.4 Å². The fraction of sp³-hybridized carbons (Fsp3) is 0.467. The molecule has 0 aromatic heterocycles. The minimum Gasteiger partial charge on any atom is -0.480 e. The Labute approximate surface area is 124 Å². The number of nitrogens with one attached hydrogen (secondary N) is 2. The first-order chi connectivity index (χ1) is 10.0. The zero-order valence-corrected chi connectivity index (χ0v) is 12.3. The average Bonchev–Trinajstić information content (AvgIpc) is 2.46. The lowest BCUT2D eigenvalue weighted by atomic mass is 10.1. The largest absolute Gasteiger partial charge is 0.480 e. The number of carbonyl (C=O) groups excluding carboxylic acids is 1. The summed E-state index contributed by atoms with van der Waals surface area (Å²) in [5, 5.41) is 14.2. The molecule has 0 radical (unpaired) electrons. The van der Waals surface area contributed by atoms with Gasteiger partial charge in [-0.1, -0.05) is 30.3 Å². The van der Waals surface area contributed by atoms with Crippen molar-refractivity contribution in [2.45, 2.75) is 32.4 Å². The Morgan fingerprint density at radius 2 is 1.95 bits per heavy atom. The minimum atomic E-state index is -1.06. The highest BCUT2D eigenvalue weighted by Gasteiger charge is 2.20. The molecule has 1 aromatic rings. The minimum absolute atomic E-state index is 0.113. The molecule has 2 amide bonds. The summed E-state index contributed by atoms with van der Waals surface area (Å²) in [4.78, 5) is 22.9. The zero-order chi connectivity index (χ0) is 15.7. The van der Waals surface area contributed by atoms with Gasteiger partial charge in [0.2, 0.25) is 0 Å². The molecule has 0 saturated heterocycles. The topological polar surface area (TPSA) is 87.7 Å². The van der Waals surface area contributed by atoms with E-state index < -0.39 is 18.0 Å². The molecule has 0 fully saturated rings. The molecular formula is C15H22N2O4. The number of carboxylic acid groups (broad SMARTS) is 1. The maximum atomic E-state index is 11.7. The normalized spacial score (nSPS) is 13.2. The first-order valence-electron chi connectivity index (χ1n) is 6.95. The number of carboxylic acids is 1. The molecule has 6 heteroatoms. The van der Waals surface area contributed by atoms with Gasteiger partial charge < -0.3 is 20.5 Å². The zero-order valence-electron chi connectivity index (χ0n) is 12.3. The number of hydrogen-bond donors (Lipinski definition) is 3. The quantitative estimate of drug-likeness (QED) is 0.676. The summed E-state index contributed by atoms with van der Waals surface area (Å²) in [7, 11) is 0. The van der Waals surface area contributed by atoms with E-state index in [1.807, 2.05) is 44.2 Å². The fourth-order valence-electron chi connectivity index (χ4n) is 1.84. The van der Waals surface area contributed by atoms with E-state index in [4.69, 9.17) is 4.74 Å². The molecule has 0 saturated carbocycles. The summed E-state index contributed by atoms with van der Waals surface area (Å²) in [5.74, 6) is -1.06. The van der Waals surface area contributed by atoms with Crippen LogP contribution in [0.5, 0.6) is 0 Å². The number of rotatable bonds is 8. The maximum absolute atomic E-state index is 11.7. The van der Waals surface area contributed by atoms with E-state index in [0.29, 0.717) is 13.2 Å². The molecule has 6 nitrogen and oxygen atoms in total. The van der Waals surface area contributed by atoms with Crippen LogP contribution in [0.2, 0.25) is 0 Å². The summed E-state index contributed by atoms with van der Waals surface area (Å²) < 4.78 is 5.28. The van der Waals surface area contributed by atoms with Gasteiger partial charge in [0.15, 0.2) is 0 Å². The van der Waals surface area contributed by atoms with Crippen LogP contribution in [0.25, 0.3) is 0 Å². The monoisotopic (exact) mass is 294 g/mol. The summed E-state index contributed by atoms with van der Waals surface area (Å²) >= 11 is 0. The van der Waals surface area contributed by atoms with Gasteiger partial charge in [0.1, 0.15) is 6.04 Å². The Kier molecular flexibility index (Phi) is 7.25. The average molecular weight is 294 g/mol. The summed E-state index contributed by atoms with van der Waals surface area (Å²) in [5.41, 5.74) is 0.855. The van der Waals surface area contributed by atoms with Crippen LogP contribution in [0.3, 0.4) is 0 Å². The van der Waals surface area contributed by atoms with E-state index in [0.717, 1.165) is 5.56 Å². The Morgan fingerprint density at radius 1 is 1.29 bits per heavy atom. The molecular weight excluding hydrogens is 272 g/mol. The Morgan fingerprint density at radius 3 is 2.52 bits per heavy atom. The SMILES string of the molecule is CCOC(C)CNC(=O)N[C@@H](Cc1ccccc1)C(=O)O. The van der Waals surface area contributed by atoms with Crippen molar-refractivity contribution in [1.29, 1.82) is 0 Å². The van der Waals surface area contributed by atoms with Gasteiger partial charge in [-0.3, -0.25) is 0 Å². The second-order valence-electron chi connectivity index (χ2n) is 4.70.